The molecule has 4 nitrogen and oxygen atoms in total. The Balaban J connectivity index is 2.76. The number of halogens is 2. The van der Waals surface area contributed by atoms with Gasteiger partial charge in [-0.1, -0.05) is 6.92 Å². The molecule has 0 aromatic rings. The highest BCUT2D eigenvalue weighted by atomic mass is 19.3. The van der Waals surface area contributed by atoms with Crippen LogP contribution in [0.3, 0.4) is 0 Å². The zero-order valence-corrected chi connectivity index (χ0v) is 6.70. The molecule has 0 saturated heterocycles. The monoisotopic (exact) mass is 194 g/mol. The molecule has 1 rings (SSSR count). The topological polar surface area (TPSA) is 74.6 Å². The molecule has 1 aliphatic rings. The molecule has 0 aromatic heterocycles. The van der Waals surface area contributed by atoms with Gasteiger partial charge in [0.1, 0.15) is 5.92 Å². The van der Waals surface area contributed by atoms with E-state index >= 15 is 0 Å². The average molecular weight is 194 g/mol. The fourth-order valence-electron chi connectivity index (χ4n) is 1.44. The molecule has 1 aliphatic carbocycles. The maximum atomic E-state index is 12.7. The lowest BCUT2D eigenvalue weighted by Crippen LogP contribution is -2.15. The van der Waals surface area contributed by atoms with Crippen LogP contribution in [-0.4, -0.2) is 28.1 Å². The summed E-state index contributed by atoms with van der Waals surface area (Å²) in [5.74, 6) is -11.1. The van der Waals surface area contributed by atoms with Crippen molar-refractivity contribution >= 4 is 11.9 Å². The van der Waals surface area contributed by atoms with E-state index in [1.54, 1.807) is 0 Å². The first kappa shape index (κ1) is 9.88. The van der Waals surface area contributed by atoms with Gasteiger partial charge in [-0.2, -0.15) is 0 Å². The molecule has 0 radical (unpaired) electrons. The van der Waals surface area contributed by atoms with Crippen molar-refractivity contribution in [2.75, 3.05) is 0 Å². The van der Waals surface area contributed by atoms with Gasteiger partial charge in [0.2, 0.25) is 0 Å². The summed E-state index contributed by atoms with van der Waals surface area (Å²) in [6, 6.07) is 0. The Labute approximate surface area is 72.2 Å². The van der Waals surface area contributed by atoms with E-state index in [2.05, 4.69) is 0 Å². The van der Waals surface area contributed by atoms with Crippen LogP contribution >= 0.6 is 0 Å². The van der Waals surface area contributed by atoms with Crippen molar-refractivity contribution in [1.29, 1.82) is 0 Å². The molecule has 0 heterocycles. The van der Waals surface area contributed by atoms with Gasteiger partial charge in [-0.3, -0.25) is 9.59 Å². The van der Waals surface area contributed by atoms with Crippen LogP contribution in [0.25, 0.3) is 0 Å². The lowest BCUT2D eigenvalue weighted by Gasteiger charge is -2.01. The summed E-state index contributed by atoms with van der Waals surface area (Å²) in [7, 11) is 0. The van der Waals surface area contributed by atoms with Gasteiger partial charge in [0.25, 0.3) is 5.92 Å². The van der Waals surface area contributed by atoms with Crippen LogP contribution in [0.1, 0.15) is 6.92 Å². The lowest BCUT2D eigenvalue weighted by atomic mass is 10.1. The predicted octanol–water partition coefficient (Wildman–Crippen LogP) is 0.673. The molecule has 0 aliphatic heterocycles. The number of rotatable bonds is 3. The Morgan fingerprint density at radius 3 is 2.08 bits per heavy atom. The summed E-state index contributed by atoms with van der Waals surface area (Å²) in [5.41, 5.74) is 0. The molecule has 0 unspecified atom stereocenters. The van der Waals surface area contributed by atoms with E-state index in [1.165, 1.54) is 0 Å². The molecule has 3 atom stereocenters. The van der Waals surface area contributed by atoms with Crippen molar-refractivity contribution in [3.8, 4) is 0 Å². The number of carbonyl (C=O) groups is 2. The van der Waals surface area contributed by atoms with E-state index in [0.717, 1.165) is 6.92 Å². The van der Waals surface area contributed by atoms with Gasteiger partial charge in [-0.15, -0.1) is 0 Å². The minimum Gasteiger partial charge on any atom is -0.481 e. The Morgan fingerprint density at radius 1 is 1.38 bits per heavy atom. The van der Waals surface area contributed by atoms with Crippen LogP contribution in [0.2, 0.25) is 0 Å². The van der Waals surface area contributed by atoms with Crippen molar-refractivity contribution < 1.29 is 28.6 Å². The molecule has 13 heavy (non-hydrogen) atoms. The number of aliphatic carboxylic acids is 2. The molecule has 1 fully saturated rings. The van der Waals surface area contributed by atoms with E-state index in [4.69, 9.17) is 10.2 Å². The van der Waals surface area contributed by atoms with Gasteiger partial charge in [-0.25, -0.2) is 8.78 Å². The molecule has 0 spiro atoms. The predicted molar refractivity (Wildman–Crippen MR) is 36.4 cm³/mol. The number of carboxylic acids is 2. The first-order valence-electron chi connectivity index (χ1n) is 3.63. The second-order valence-corrected chi connectivity index (χ2v) is 3.14. The minimum atomic E-state index is -3.37. The van der Waals surface area contributed by atoms with Crippen molar-refractivity contribution in [2.45, 2.75) is 12.8 Å². The lowest BCUT2D eigenvalue weighted by molar-refractivity contribution is -0.142. The molecule has 1 saturated carbocycles. The zero-order valence-electron chi connectivity index (χ0n) is 6.70. The number of hydrogen-bond acceptors (Lipinski definition) is 2. The number of carboxylic acid groups (broad SMARTS) is 2. The van der Waals surface area contributed by atoms with Crippen LogP contribution < -0.4 is 0 Å². The van der Waals surface area contributed by atoms with Crippen LogP contribution in [0.4, 0.5) is 8.78 Å². The summed E-state index contributed by atoms with van der Waals surface area (Å²) in [5, 5.41) is 16.7. The Hall–Kier alpha value is -1.20. The van der Waals surface area contributed by atoms with Crippen LogP contribution in [0.15, 0.2) is 0 Å². The van der Waals surface area contributed by atoms with E-state index in [9.17, 15) is 18.4 Å². The van der Waals surface area contributed by atoms with Gasteiger partial charge >= 0.3 is 11.9 Å². The fourth-order valence-corrected chi connectivity index (χ4v) is 1.44. The third kappa shape index (κ3) is 1.36. The van der Waals surface area contributed by atoms with Crippen LogP contribution in [-0.2, 0) is 9.59 Å². The highest BCUT2D eigenvalue weighted by Gasteiger charge is 2.74. The quantitative estimate of drug-likeness (QED) is 0.692. The van der Waals surface area contributed by atoms with Crippen molar-refractivity contribution in [3.05, 3.63) is 0 Å². The minimum absolute atomic E-state index is 1.09. The van der Waals surface area contributed by atoms with E-state index in [-0.39, 0.29) is 0 Å². The maximum Gasteiger partial charge on any atom is 0.313 e. The normalized spacial score (nSPS) is 32.2. The summed E-state index contributed by atoms with van der Waals surface area (Å²) < 4.78 is 25.4. The first-order valence-corrected chi connectivity index (χ1v) is 3.63. The number of hydrogen-bond donors (Lipinski definition) is 2. The first-order chi connectivity index (χ1) is 5.80. The van der Waals surface area contributed by atoms with E-state index < -0.39 is 35.6 Å². The van der Waals surface area contributed by atoms with Crippen molar-refractivity contribution in [3.63, 3.8) is 0 Å². The average Bonchev–Trinajstić information content (AvgIpc) is 2.51. The summed E-state index contributed by atoms with van der Waals surface area (Å²) in [4.78, 5) is 20.6. The standard InChI is InChI=1S/C7H8F2O4/c1-2(5(10)11)3-4(6(12)13)7(3,8)9/h2-4H,1H3,(H,10,11)(H,12,13)/t2-,3+,4+/m0/s1. The van der Waals surface area contributed by atoms with E-state index in [0.29, 0.717) is 0 Å². The molecule has 0 amide bonds. The van der Waals surface area contributed by atoms with Gasteiger partial charge < -0.3 is 10.2 Å². The summed E-state index contributed by atoms with van der Waals surface area (Å²) in [6.07, 6.45) is 0. The molecular weight excluding hydrogens is 186 g/mol. The largest absolute Gasteiger partial charge is 0.481 e. The van der Waals surface area contributed by atoms with Gasteiger partial charge in [0.15, 0.2) is 0 Å². The van der Waals surface area contributed by atoms with Gasteiger partial charge in [0, 0.05) is 0 Å². The highest BCUT2D eigenvalue weighted by Crippen LogP contribution is 2.58. The fraction of sp³-hybridized carbons (Fsp3) is 0.714. The number of alkyl halides is 2. The maximum absolute atomic E-state index is 12.7. The molecule has 0 aromatic carbocycles. The van der Waals surface area contributed by atoms with Crippen molar-refractivity contribution in [2.24, 2.45) is 17.8 Å². The summed E-state index contributed by atoms with van der Waals surface area (Å²) in [6.45, 7) is 1.09. The Kier molecular flexibility index (Phi) is 2.01. The second-order valence-electron chi connectivity index (χ2n) is 3.14. The van der Waals surface area contributed by atoms with Crippen molar-refractivity contribution in [1.82, 2.24) is 0 Å². The highest BCUT2D eigenvalue weighted by molar-refractivity contribution is 5.79. The van der Waals surface area contributed by atoms with Crippen LogP contribution in [0, 0.1) is 17.8 Å². The SMILES string of the molecule is C[C@H](C(=O)O)[C@@H]1[C@H](C(=O)O)C1(F)F. The Morgan fingerprint density at radius 2 is 1.85 bits per heavy atom. The zero-order chi connectivity index (χ0) is 10.4. The summed E-state index contributed by atoms with van der Waals surface area (Å²) >= 11 is 0. The molecular formula is C7H8F2O4. The third-order valence-electron chi connectivity index (χ3n) is 2.30. The van der Waals surface area contributed by atoms with Gasteiger partial charge in [0.05, 0.1) is 11.8 Å². The third-order valence-corrected chi connectivity index (χ3v) is 2.30. The van der Waals surface area contributed by atoms with E-state index in [1.807, 2.05) is 0 Å². The van der Waals surface area contributed by atoms with Crippen LogP contribution in [0.5, 0.6) is 0 Å². The second kappa shape index (κ2) is 2.65. The smallest absolute Gasteiger partial charge is 0.313 e. The molecule has 6 heteroatoms. The molecule has 0 bridgehead atoms. The van der Waals surface area contributed by atoms with Gasteiger partial charge in [-0.05, 0) is 0 Å². The molecule has 2 N–H and O–H groups in total. The Bertz CT molecular complexity index is 263. The molecule has 74 valence electrons.